The molecule has 0 amide bonds. The van der Waals surface area contributed by atoms with E-state index in [2.05, 4.69) is 25.1 Å². The molecule has 3 N–H and O–H groups in total. The van der Waals surface area contributed by atoms with E-state index in [1.54, 1.807) is 11.3 Å². The third kappa shape index (κ3) is 2.09. The maximum Gasteiger partial charge on any atom is 0.133 e. The first-order chi connectivity index (χ1) is 7.72. The summed E-state index contributed by atoms with van der Waals surface area (Å²) in [5.41, 5.74) is 6.90. The van der Waals surface area contributed by atoms with Crippen LogP contribution < -0.4 is 5.73 Å². The number of rotatable bonds is 4. The van der Waals surface area contributed by atoms with E-state index in [1.807, 2.05) is 6.07 Å². The van der Waals surface area contributed by atoms with Crippen molar-refractivity contribution in [2.24, 2.45) is 5.73 Å². The van der Waals surface area contributed by atoms with Crippen molar-refractivity contribution in [2.75, 3.05) is 0 Å². The fraction of sp³-hybridized carbons (Fsp3) is 0.308. The minimum atomic E-state index is 0.169. The summed E-state index contributed by atoms with van der Waals surface area (Å²) in [4.78, 5) is 0.874. The standard InChI is InChI=1S/C13H16N2S/c1-2-3-5-9-6-4-7-11-10(9)8-12(16-11)13(14)15/h4,6-8H,2-3,5H2,1H3,(H3,14,15). The normalized spacial score (nSPS) is 10.8. The van der Waals surface area contributed by atoms with Crippen molar-refractivity contribution >= 4 is 27.3 Å². The number of hydrogen-bond acceptors (Lipinski definition) is 2. The third-order valence-electron chi connectivity index (χ3n) is 2.72. The summed E-state index contributed by atoms with van der Waals surface area (Å²) in [6.07, 6.45) is 3.53. The van der Waals surface area contributed by atoms with Crippen LogP contribution in [0.3, 0.4) is 0 Å². The van der Waals surface area contributed by atoms with Crippen LogP contribution in [-0.2, 0) is 6.42 Å². The predicted octanol–water partition coefficient (Wildman–Crippen LogP) is 3.53. The van der Waals surface area contributed by atoms with Gasteiger partial charge in [0, 0.05) is 4.70 Å². The lowest BCUT2D eigenvalue weighted by Crippen LogP contribution is -2.08. The summed E-state index contributed by atoms with van der Waals surface area (Å²) < 4.78 is 1.24. The zero-order valence-corrected chi connectivity index (χ0v) is 10.2. The smallest absolute Gasteiger partial charge is 0.133 e. The van der Waals surface area contributed by atoms with E-state index in [1.165, 1.54) is 28.5 Å². The second-order valence-corrected chi connectivity index (χ2v) is 5.04. The van der Waals surface area contributed by atoms with Crippen LogP contribution in [0.4, 0.5) is 0 Å². The average molecular weight is 232 g/mol. The Hall–Kier alpha value is -1.35. The molecule has 2 aromatic rings. The fourth-order valence-electron chi connectivity index (χ4n) is 1.84. The van der Waals surface area contributed by atoms with Crippen molar-refractivity contribution < 1.29 is 0 Å². The van der Waals surface area contributed by atoms with Gasteiger partial charge in [0.25, 0.3) is 0 Å². The van der Waals surface area contributed by atoms with Crippen LogP contribution in [0.1, 0.15) is 30.2 Å². The highest BCUT2D eigenvalue weighted by atomic mass is 32.1. The Bertz CT molecular complexity index is 514. The largest absolute Gasteiger partial charge is 0.383 e. The van der Waals surface area contributed by atoms with E-state index in [4.69, 9.17) is 11.1 Å². The van der Waals surface area contributed by atoms with Crippen LogP contribution in [-0.4, -0.2) is 5.84 Å². The second-order valence-electron chi connectivity index (χ2n) is 3.96. The van der Waals surface area contributed by atoms with Crippen LogP contribution in [0.5, 0.6) is 0 Å². The van der Waals surface area contributed by atoms with E-state index in [9.17, 15) is 0 Å². The van der Waals surface area contributed by atoms with Gasteiger partial charge in [-0.3, -0.25) is 5.41 Å². The Morgan fingerprint density at radius 2 is 2.25 bits per heavy atom. The average Bonchev–Trinajstić information content (AvgIpc) is 2.70. The molecule has 0 unspecified atom stereocenters. The van der Waals surface area contributed by atoms with Crippen molar-refractivity contribution in [3.8, 4) is 0 Å². The molecule has 84 valence electrons. The van der Waals surface area contributed by atoms with Gasteiger partial charge in [-0.25, -0.2) is 0 Å². The molecule has 0 aliphatic carbocycles. The second kappa shape index (κ2) is 4.66. The van der Waals surface area contributed by atoms with Crippen molar-refractivity contribution in [1.82, 2.24) is 0 Å². The number of unbranched alkanes of at least 4 members (excludes halogenated alkanes) is 1. The van der Waals surface area contributed by atoms with Gasteiger partial charge in [-0.1, -0.05) is 25.5 Å². The Kier molecular flexibility index (Phi) is 3.25. The number of thiophene rings is 1. The molecule has 2 rings (SSSR count). The number of aryl methyl sites for hydroxylation is 1. The quantitative estimate of drug-likeness (QED) is 0.615. The molecule has 0 fully saturated rings. The van der Waals surface area contributed by atoms with Crippen molar-refractivity contribution in [3.05, 3.63) is 34.7 Å². The number of benzene rings is 1. The van der Waals surface area contributed by atoms with Crippen molar-refractivity contribution in [1.29, 1.82) is 5.41 Å². The zero-order valence-electron chi connectivity index (χ0n) is 9.42. The van der Waals surface area contributed by atoms with Gasteiger partial charge in [-0.15, -0.1) is 11.3 Å². The molecule has 16 heavy (non-hydrogen) atoms. The molecule has 0 saturated carbocycles. The molecule has 0 aliphatic rings. The van der Waals surface area contributed by atoms with E-state index < -0.39 is 0 Å². The molecule has 1 aromatic carbocycles. The molecule has 2 nitrogen and oxygen atoms in total. The van der Waals surface area contributed by atoms with E-state index in [-0.39, 0.29) is 5.84 Å². The Balaban J connectivity index is 2.45. The highest BCUT2D eigenvalue weighted by Gasteiger charge is 2.07. The Labute approximate surface area is 99.6 Å². The van der Waals surface area contributed by atoms with Crippen molar-refractivity contribution in [3.63, 3.8) is 0 Å². The molecule has 1 heterocycles. The molecule has 0 aliphatic heterocycles. The van der Waals surface area contributed by atoms with Crippen LogP contribution >= 0.6 is 11.3 Å². The number of hydrogen-bond donors (Lipinski definition) is 2. The Morgan fingerprint density at radius 3 is 2.94 bits per heavy atom. The van der Waals surface area contributed by atoms with Gasteiger partial charge in [0.05, 0.1) is 4.88 Å². The molecule has 1 aromatic heterocycles. The molecule has 0 spiro atoms. The Morgan fingerprint density at radius 1 is 1.44 bits per heavy atom. The van der Waals surface area contributed by atoms with Gasteiger partial charge < -0.3 is 5.73 Å². The number of amidine groups is 1. The maximum absolute atomic E-state index is 7.46. The predicted molar refractivity (Wildman–Crippen MR) is 71.5 cm³/mol. The fourth-order valence-corrected chi connectivity index (χ4v) is 2.81. The van der Waals surface area contributed by atoms with Gasteiger partial charge in [-0.2, -0.15) is 0 Å². The van der Waals surface area contributed by atoms with Crippen LogP contribution in [0, 0.1) is 5.41 Å². The highest BCUT2D eigenvalue weighted by molar-refractivity contribution is 7.20. The van der Waals surface area contributed by atoms with Crippen LogP contribution in [0.15, 0.2) is 24.3 Å². The SMILES string of the molecule is CCCCc1cccc2sc(C(=N)N)cc12. The molecule has 0 radical (unpaired) electrons. The van der Waals surface area contributed by atoms with E-state index >= 15 is 0 Å². The number of fused-ring (bicyclic) bond motifs is 1. The van der Waals surface area contributed by atoms with Gasteiger partial charge in [0.2, 0.25) is 0 Å². The molecule has 0 bridgehead atoms. The summed E-state index contributed by atoms with van der Waals surface area (Å²) in [6, 6.07) is 8.41. The topological polar surface area (TPSA) is 49.9 Å². The minimum absolute atomic E-state index is 0.169. The summed E-state index contributed by atoms with van der Waals surface area (Å²) in [5.74, 6) is 0.169. The van der Waals surface area contributed by atoms with Gasteiger partial charge in [0.1, 0.15) is 5.84 Å². The minimum Gasteiger partial charge on any atom is -0.383 e. The van der Waals surface area contributed by atoms with E-state index in [0.717, 1.165) is 11.3 Å². The summed E-state index contributed by atoms with van der Waals surface area (Å²) in [5, 5.41) is 8.73. The first-order valence-corrected chi connectivity index (χ1v) is 6.40. The summed E-state index contributed by atoms with van der Waals surface area (Å²) >= 11 is 1.60. The first kappa shape index (κ1) is 11.1. The lowest BCUT2D eigenvalue weighted by atomic mass is 10.0. The lowest BCUT2D eigenvalue weighted by molar-refractivity contribution is 0.799. The summed E-state index contributed by atoms with van der Waals surface area (Å²) in [6.45, 7) is 2.20. The molecular formula is C13H16N2S. The number of nitrogens with two attached hydrogens (primary N) is 1. The number of nitrogen functional groups attached to an aromatic ring is 1. The van der Waals surface area contributed by atoms with Crippen LogP contribution in [0.2, 0.25) is 0 Å². The molecular weight excluding hydrogens is 216 g/mol. The van der Waals surface area contributed by atoms with E-state index in [0.29, 0.717) is 0 Å². The van der Waals surface area contributed by atoms with Gasteiger partial charge >= 0.3 is 0 Å². The first-order valence-electron chi connectivity index (χ1n) is 5.58. The number of nitrogens with one attached hydrogen (secondary N) is 1. The van der Waals surface area contributed by atoms with Gasteiger partial charge in [-0.05, 0) is 35.9 Å². The van der Waals surface area contributed by atoms with Crippen molar-refractivity contribution in [2.45, 2.75) is 26.2 Å². The monoisotopic (exact) mass is 232 g/mol. The summed E-state index contributed by atoms with van der Waals surface area (Å²) in [7, 11) is 0. The maximum atomic E-state index is 7.46. The zero-order chi connectivity index (χ0) is 11.5. The molecule has 0 saturated heterocycles. The third-order valence-corrected chi connectivity index (χ3v) is 3.85. The molecule has 3 heteroatoms. The van der Waals surface area contributed by atoms with Gasteiger partial charge in [0.15, 0.2) is 0 Å². The lowest BCUT2D eigenvalue weighted by Gasteiger charge is -2.01. The highest BCUT2D eigenvalue weighted by Crippen LogP contribution is 2.28. The van der Waals surface area contributed by atoms with Crippen LogP contribution in [0.25, 0.3) is 10.1 Å². The molecule has 0 atom stereocenters.